The minimum atomic E-state index is -0.227. The fraction of sp³-hybridized carbons (Fsp3) is 0.250. The molecule has 1 aromatic heterocycles. The van der Waals surface area contributed by atoms with E-state index in [1.165, 1.54) is 12.1 Å². The Morgan fingerprint density at radius 2 is 1.95 bits per heavy atom. The lowest BCUT2D eigenvalue weighted by molar-refractivity contribution is 0.627. The van der Waals surface area contributed by atoms with Crippen molar-refractivity contribution in [2.45, 2.75) is 13.8 Å². The van der Waals surface area contributed by atoms with Gasteiger partial charge in [0, 0.05) is 18.7 Å². The van der Waals surface area contributed by atoms with Gasteiger partial charge in [0.2, 0.25) is 5.95 Å². The van der Waals surface area contributed by atoms with Crippen molar-refractivity contribution in [1.29, 1.82) is 0 Å². The van der Waals surface area contributed by atoms with Crippen LogP contribution in [0.1, 0.15) is 23.7 Å². The Bertz CT molecular complexity index is 707. The van der Waals surface area contributed by atoms with E-state index in [0.29, 0.717) is 5.95 Å². The smallest absolute Gasteiger partial charge is 0.222 e. The summed E-state index contributed by atoms with van der Waals surface area (Å²) in [6.07, 6.45) is 2.07. The highest BCUT2D eigenvalue weighted by Gasteiger charge is 2.21. The third-order valence-corrected chi connectivity index (χ3v) is 3.71. The maximum absolute atomic E-state index is 13.1. The number of benzene rings is 1. The largest absolute Gasteiger partial charge is 0.368 e. The lowest BCUT2D eigenvalue weighted by Gasteiger charge is -2.30. The van der Waals surface area contributed by atoms with Crippen LogP contribution in [0.4, 0.5) is 16.2 Å². The van der Waals surface area contributed by atoms with E-state index in [1.807, 2.05) is 6.92 Å². The number of aryl methyl sites for hydroxylation is 1. The van der Waals surface area contributed by atoms with Gasteiger partial charge in [0.1, 0.15) is 11.6 Å². The predicted molar refractivity (Wildman–Crippen MR) is 83.3 cm³/mol. The van der Waals surface area contributed by atoms with Gasteiger partial charge in [0.05, 0.1) is 5.69 Å². The van der Waals surface area contributed by atoms with E-state index in [-0.39, 0.29) is 5.82 Å². The Morgan fingerprint density at radius 3 is 2.62 bits per heavy atom. The Balaban J connectivity index is 2.12. The highest BCUT2D eigenvalue weighted by molar-refractivity contribution is 5.90. The molecule has 0 atom stereocenters. The molecule has 0 aliphatic carbocycles. The summed E-state index contributed by atoms with van der Waals surface area (Å²) in [5.74, 6) is 0.937. The molecule has 0 radical (unpaired) electrons. The molecule has 0 bridgehead atoms. The molecule has 2 heterocycles. The molecule has 0 saturated heterocycles. The number of fused-ring (bicyclic) bond motifs is 1. The Kier molecular flexibility index (Phi) is 3.33. The first kappa shape index (κ1) is 13.5. The third kappa shape index (κ3) is 2.46. The Labute approximate surface area is 123 Å². The van der Waals surface area contributed by atoms with Gasteiger partial charge >= 0.3 is 0 Å². The molecule has 0 unspecified atom stereocenters. The quantitative estimate of drug-likeness (QED) is 0.921. The summed E-state index contributed by atoms with van der Waals surface area (Å²) in [5, 5.41) is 0. The highest BCUT2D eigenvalue weighted by Crippen LogP contribution is 2.33. The zero-order chi connectivity index (χ0) is 15.0. The molecule has 0 fully saturated rings. The number of hydrogen-bond acceptors (Lipinski definition) is 4. The van der Waals surface area contributed by atoms with Crippen LogP contribution in [0, 0.1) is 12.7 Å². The van der Waals surface area contributed by atoms with Crippen molar-refractivity contribution < 1.29 is 4.39 Å². The Morgan fingerprint density at radius 1 is 1.24 bits per heavy atom. The normalized spacial score (nSPS) is 13.9. The standard InChI is InChI=1S/C16H17FN4/c1-3-21-9-12(11-4-6-13(17)7-5-11)8-14-10(2)19-16(18)20-15(14)21/h4-8H,3,9H2,1-2H3,(H2,18,19,20). The van der Waals surface area contributed by atoms with E-state index in [2.05, 4.69) is 27.9 Å². The predicted octanol–water partition coefficient (Wildman–Crippen LogP) is 2.89. The monoisotopic (exact) mass is 284 g/mol. The molecule has 21 heavy (non-hydrogen) atoms. The first-order valence-corrected chi connectivity index (χ1v) is 6.94. The number of aromatic nitrogens is 2. The lowest BCUT2D eigenvalue weighted by atomic mass is 9.98. The number of halogens is 1. The minimum absolute atomic E-state index is 0.227. The molecule has 5 heteroatoms. The highest BCUT2D eigenvalue weighted by atomic mass is 19.1. The molecular weight excluding hydrogens is 267 g/mol. The fourth-order valence-corrected chi connectivity index (χ4v) is 2.60. The fourth-order valence-electron chi connectivity index (χ4n) is 2.60. The van der Waals surface area contributed by atoms with E-state index < -0.39 is 0 Å². The first-order chi connectivity index (χ1) is 10.1. The van der Waals surface area contributed by atoms with Crippen LogP contribution in [0.25, 0.3) is 11.6 Å². The van der Waals surface area contributed by atoms with Gasteiger partial charge < -0.3 is 10.6 Å². The van der Waals surface area contributed by atoms with Crippen LogP contribution in [-0.2, 0) is 0 Å². The number of likely N-dealkylation sites (N-methyl/N-ethyl adjacent to an activating group) is 1. The summed E-state index contributed by atoms with van der Waals surface area (Å²) in [6, 6.07) is 6.56. The molecule has 108 valence electrons. The summed E-state index contributed by atoms with van der Waals surface area (Å²) >= 11 is 0. The van der Waals surface area contributed by atoms with Crippen molar-refractivity contribution in [2.75, 3.05) is 23.7 Å². The molecule has 2 aromatic rings. The SMILES string of the molecule is CCN1CC(c2ccc(F)cc2)=Cc2c(C)nc(N)nc21. The van der Waals surface area contributed by atoms with Gasteiger partial charge in [0.25, 0.3) is 0 Å². The number of nitrogen functional groups attached to an aromatic ring is 1. The van der Waals surface area contributed by atoms with Gasteiger partial charge in [-0.2, -0.15) is 4.98 Å². The number of nitrogens with two attached hydrogens (primary N) is 1. The summed E-state index contributed by atoms with van der Waals surface area (Å²) in [6.45, 7) is 5.55. The molecule has 4 nitrogen and oxygen atoms in total. The lowest BCUT2D eigenvalue weighted by Crippen LogP contribution is -2.30. The van der Waals surface area contributed by atoms with Crippen molar-refractivity contribution >= 4 is 23.4 Å². The van der Waals surface area contributed by atoms with Crippen LogP contribution < -0.4 is 10.6 Å². The molecule has 1 aliphatic rings. The first-order valence-electron chi connectivity index (χ1n) is 6.94. The van der Waals surface area contributed by atoms with E-state index in [1.54, 1.807) is 12.1 Å². The molecule has 0 spiro atoms. The van der Waals surface area contributed by atoms with E-state index in [0.717, 1.165) is 41.3 Å². The summed E-state index contributed by atoms with van der Waals surface area (Å²) in [7, 11) is 0. The number of nitrogens with zero attached hydrogens (tertiary/aromatic N) is 3. The van der Waals surface area contributed by atoms with Gasteiger partial charge in [-0.15, -0.1) is 0 Å². The van der Waals surface area contributed by atoms with Crippen molar-refractivity contribution in [3.8, 4) is 0 Å². The topological polar surface area (TPSA) is 55.0 Å². The number of rotatable bonds is 2. The van der Waals surface area contributed by atoms with Gasteiger partial charge in [-0.3, -0.25) is 0 Å². The molecule has 0 saturated carbocycles. The number of anilines is 2. The van der Waals surface area contributed by atoms with Gasteiger partial charge in [-0.1, -0.05) is 12.1 Å². The molecule has 0 amide bonds. The second-order valence-corrected chi connectivity index (χ2v) is 5.10. The zero-order valence-corrected chi connectivity index (χ0v) is 12.1. The van der Waals surface area contributed by atoms with Crippen molar-refractivity contribution in [2.24, 2.45) is 0 Å². The zero-order valence-electron chi connectivity index (χ0n) is 12.1. The molecular formula is C16H17FN4. The number of hydrogen-bond donors (Lipinski definition) is 1. The Hall–Kier alpha value is -2.43. The second kappa shape index (κ2) is 5.16. The molecule has 1 aromatic carbocycles. The molecule has 3 rings (SSSR count). The average molecular weight is 284 g/mol. The van der Waals surface area contributed by atoms with Crippen LogP contribution in [0.2, 0.25) is 0 Å². The molecule has 2 N–H and O–H groups in total. The van der Waals surface area contributed by atoms with Gasteiger partial charge in [-0.05, 0) is 43.2 Å². The van der Waals surface area contributed by atoms with E-state index in [4.69, 9.17) is 5.73 Å². The van der Waals surface area contributed by atoms with Crippen molar-refractivity contribution in [1.82, 2.24) is 9.97 Å². The second-order valence-electron chi connectivity index (χ2n) is 5.10. The van der Waals surface area contributed by atoms with E-state index in [9.17, 15) is 4.39 Å². The van der Waals surface area contributed by atoms with E-state index >= 15 is 0 Å². The maximum Gasteiger partial charge on any atom is 0.222 e. The summed E-state index contributed by atoms with van der Waals surface area (Å²) < 4.78 is 13.1. The van der Waals surface area contributed by atoms with Crippen molar-refractivity contribution in [3.05, 3.63) is 46.9 Å². The average Bonchev–Trinajstić information content (AvgIpc) is 2.47. The maximum atomic E-state index is 13.1. The summed E-state index contributed by atoms with van der Waals surface area (Å²) in [4.78, 5) is 10.7. The van der Waals surface area contributed by atoms with Crippen LogP contribution in [0.3, 0.4) is 0 Å². The van der Waals surface area contributed by atoms with Crippen LogP contribution in [0.5, 0.6) is 0 Å². The minimum Gasteiger partial charge on any atom is -0.368 e. The van der Waals surface area contributed by atoms with Gasteiger partial charge in [-0.25, -0.2) is 9.37 Å². The molecule has 1 aliphatic heterocycles. The van der Waals surface area contributed by atoms with Crippen molar-refractivity contribution in [3.63, 3.8) is 0 Å². The van der Waals surface area contributed by atoms with Crippen LogP contribution in [0.15, 0.2) is 24.3 Å². The summed E-state index contributed by atoms with van der Waals surface area (Å²) in [5.41, 5.74) is 9.73. The van der Waals surface area contributed by atoms with Crippen LogP contribution in [-0.4, -0.2) is 23.1 Å². The van der Waals surface area contributed by atoms with Crippen LogP contribution >= 0.6 is 0 Å². The van der Waals surface area contributed by atoms with Gasteiger partial charge in [0.15, 0.2) is 0 Å². The third-order valence-electron chi connectivity index (χ3n) is 3.71.